The molecule has 166 valence electrons. The van der Waals surface area contributed by atoms with Crippen LogP contribution < -0.4 is 10.6 Å². The molecule has 0 bridgehead atoms. The molecular formula is C20H37IN6O2. The van der Waals surface area contributed by atoms with Gasteiger partial charge in [-0.3, -0.25) is 9.69 Å². The molecule has 2 rings (SSSR count). The third kappa shape index (κ3) is 8.49. The lowest BCUT2D eigenvalue weighted by molar-refractivity contribution is -0.123. The van der Waals surface area contributed by atoms with Crippen LogP contribution in [0.15, 0.2) is 15.6 Å². The number of hydrogen-bond donors (Lipinski definition) is 2. The first-order valence-electron chi connectivity index (χ1n) is 10.2. The minimum atomic E-state index is -0.0579. The number of carbonyl (C=O) groups is 1. The van der Waals surface area contributed by atoms with Crippen LogP contribution in [0, 0.1) is 0 Å². The second-order valence-corrected chi connectivity index (χ2v) is 8.52. The fourth-order valence-electron chi connectivity index (χ4n) is 2.99. The van der Waals surface area contributed by atoms with Gasteiger partial charge >= 0.3 is 0 Å². The SMILES string of the molecule is CCNC(=NCc1ncc(C(C)(C)C)o1)N1CCN(CC(=O)NC(C)C)CC1.I. The molecule has 2 heterocycles. The van der Waals surface area contributed by atoms with Gasteiger partial charge in [-0.2, -0.15) is 0 Å². The van der Waals surface area contributed by atoms with Gasteiger partial charge in [0, 0.05) is 44.2 Å². The van der Waals surface area contributed by atoms with Crippen LogP contribution in [0.3, 0.4) is 0 Å². The Hall–Kier alpha value is -1.36. The Morgan fingerprint density at radius 1 is 1.28 bits per heavy atom. The third-order valence-electron chi connectivity index (χ3n) is 4.48. The first kappa shape index (κ1) is 25.7. The third-order valence-corrected chi connectivity index (χ3v) is 4.48. The summed E-state index contributed by atoms with van der Waals surface area (Å²) < 4.78 is 5.84. The number of oxazole rings is 1. The van der Waals surface area contributed by atoms with Gasteiger partial charge in [0.1, 0.15) is 12.3 Å². The van der Waals surface area contributed by atoms with E-state index in [-0.39, 0.29) is 41.3 Å². The zero-order valence-corrected chi connectivity index (χ0v) is 20.9. The standard InChI is InChI=1S/C20H36N6O2.HI/c1-7-21-19(23-13-18-22-12-16(28-18)20(4,5)6)26-10-8-25(9-11-26)14-17(27)24-15(2)3;/h12,15H,7-11,13-14H2,1-6H3,(H,21,23)(H,24,27);1H. The predicted molar refractivity (Wildman–Crippen MR) is 127 cm³/mol. The molecule has 29 heavy (non-hydrogen) atoms. The summed E-state index contributed by atoms with van der Waals surface area (Å²) in [5.41, 5.74) is -0.0579. The molecule has 1 aromatic rings. The molecule has 0 aliphatic carbocycles. The van der Waals surface area contributed by atoms with Gasteiger partial charge < -0.3 is 20.0 Å². The van der Waals surface area contributed by atoms with E-state index >= 15 is 0 Å². The fraction of sp³-hybridized carbons (Fsp3) is 0.750. The number of hydrogen-bond acceptors (Lipinski definition) is 5. The zero-order valence-electron chi connectivity index (χ0n) is 18.6. The molecule has 1 amide bonds. The highest BCUT2D eigenvalue weighted by molar-refractivity contribution is 14.0. The summed E-state index contributed by atoms with van der Waals surface area (Å²) in [5.74, 6) is 2.45. The molecule has 0 radical (unpaired) electrons. The number of carbonyl (C=O) groups excluding carboxylic acids is 1. The van der Waals surface area contributed by atoms with Crippen LogP contribution in [0.2, 0.25) is 0 Å². The number of halogens is 1. The average Bonchev–Trinajstić information content (AvgIpc) is 3.08. The second kappa shape index (κ2) is 11.7. The van der Waals surface area contributed by atoms with Gasteiger partial charge in [0.2, 0.25) is 11.8 Å². The van der Waals surface area contributed by atoms with Gasteiger partial charge in [0.15, 0.2) is 5.96 Å². The fourth-order valence-corrected chi connectivity index (χ4v) is 2.99. The predicted octanol–water partition coefficient (Wildman–Crippen LogP) is 2.20. The van der Waals surface area contributed by atoms with Crippen molar-refractivity contribution in [3.63, 3.8) is 0 Å². The van der Waals surface area contributed by atoms with Crippen LogP contribution in [-0.4, -0.2) is 72.0 Å². The quantitative estimate of drug-likeness (QED) is 0.340. The highest BCUT2D eigenvalue weighted by Gasteiger charge is 2.22. The van der Waals surface area contributed by atoms with Crippen molar-refractivity contribution in [1.82, 2.24) is 25.4 Å². The van der Waals surface area contributed by atoms with Crippen LogP contribution in [0.1, 0.15) is 53.2 Å². The summed E-state index contributed by atoms with van der Waals surface area (Å²) in [5, 5.41) is 6.30. The van der Waals surface area contributed by atoms with E-state index in [2.05, 4.69) is 53.1 Å². The van der Waals surface area contributed by atoms with Crippen molar-refractivity contribution in [3.05, 3.63) is 17.8 Å². The van der Waals surface area contributed by atoms with Gasteiger partial charge in [-0.15, -0.1) is 24.0 Å². The summed E-state index contributed by atoms with van der Waals surface area (Å²) in [7, 11) is 0. The van der Waals surface area contributed by atoms with Crippen molar-refractivity contribution in [1.29, 1.82) is 0 Å². The molecule has 1 fully saturated rings. The Morgan fingerprint density at radius 2 is 1.93 bits per heavy atom. The number of guanidine groups is 1. The second-order valence-electron chi connectivity index (χ2n) is 8.52. The van der Waals surface area contributed by atoms with Crippen molar-refractivity contribution in [2.24, 2.45) is 4.99 Å². The summed E-state index contributed by atoms with van der Waals surface area (Å²) >= 11 is 0. The maximum atomic E-state index is 12.0. The highest BCUT2D eigenvalue weighted by atomic mass is 127. The average molecular weight is 520 g/mol. The molecule has 2 N–H and O–H groups in total. The number of nitrogens with zero attached hydrogens (tertiary/aromatic N) is 4. The van der Waals surface area contributed by atoms with Crippen LogP contribution >= 0.6 is 24.0 Å². The number of aliphatic imine (C=N–C) groups is 1. The van der Waals surface area contributed by atoms with E-state index in [1.807, 2.05) is 13.8 Å². The van der Waals surface area contributed by atoms with Crippen molar-refractivity contribution in [2.75, 3.05) is 39.3 Å². The maximum Gasteiger partial charge on any atom is 0.234 e. The topological polar surface area (TPSA) is 86.0 Å². The largest absolute Gasteiger partial charge is 0.443 e. The van der Waals surface area contributed by atoms with Crippen molar-refractivity contribution in [3.8, 4) is 0 Å². The van der Waals surface area contributed by atoms with E-state index in [1.54, 1.807) is 6.20 Å². The lowest BCUT2D eigenvalue weighted by Gasteiger charge is -2.36. The minimum absolute atomic E-state index is 0. The normalized spacial score (nSPS) is 16.0. The number of rotatable bonds is 6. The zero-order chi connectivity index (χ0) is 20.7. The summed E-state index contributed by atoms with van der Waals surface area (Å²) in [6, 6.07) is 0.176. The lowest BCUT2D eigenvalue weighted by atomic mass is 9.94. The van der Waals surface area contributed by atoms with Crippen molar-refractivity contribution in [2.45, 2.75) is 59.5 Å². The summed E-state index contributed by atoms with van der Waals surface area (Å²) in [6.07, 6.45) is 1.79. The van der Waals surface area contributed by atoms with Crippen molar-refractivity contribution >= 4 is 35.8 Å². The van der Waals surface area contributed by atoms with Gasteiger partial charge in [0.25, 0.3) is 0 Å². The Bertz CT molecular complexity index is 660. The van der Waals surface area contributed by atoms with E-state index in [9.17, 15) is 4.79 Å². The van der Waals surface area contributed by atoms with E-state index < -0.39 is 0 Å². The first-order chi connectivity index (χ1) is 13.2. The van der Waals surface area contributed by atoms with E-state index in [1.165, 1.54) is 0 Å². The monoisotopic (exact) mass is 520 g/mol. The molecule has 0 aromatic carbocycles. The van der Waals surface area contributed by atoms with Crippen molar-refractivity contribution < 1.29 is 9.21 Å². The number of piperazine rings is 1. The smallest absolute Gasteiger partial charge is 0.234 e. The lowest BCUT2D eigenvalue weighted by Crippen LogP contribution is -2.54. The molecule has 0 saturated carbocycles. The van der Waals surface area contributed by atoms with E-state index in [0.29, 0.717) is 19.0 Å². The van der Waals surface area contributed by atoms with E-state index in [4.69, 9.17) is 9.41 Å². The number of aromatic nitrogens is 1. The molecule has 0 atom stereocenters. The molecule has 0 unspecified atom stereocenters. The molecule has 1 saturated heterocycles. The van der Waals surface area contributed by atoms with Gasteiger partial charge in [-0.25, -0.2) is 9.98 Å². The number of amides is 1. The molecular weight excluding hydrogens is 483 g/mol. The molecule has 1 aliphatic heterocycles. The molecule has 0 spiro atoms. The Labute approximate surface area is 191 Å². The Morgan fingerprint density at radius 3 is 2.45 bits per heavy atom. The van der Waals surface area contributed by atoms with Gasteiger partial charge in [-0.1, -0.05) is 20.8 Å². The summed E-state index contributed by atoms with van der Waals surface area (Å²) in [6.45, 7) is 17.3. The maximum absolute atomic E-state index is 12.0. The van der Waals surface area contributed by atoms with Crippen LogP contribution in [0.25, 0.3) is 0 Å². The highest BCUT2D eigenvalue weighted by Crippen LogP contribution is 2.22. The van der Waals surface area contributed by atoms with Crippen LogP contribution in [-0.2, 0) is 16.8 Å². The Balaban J connectivity index is 0.00000420. The first-order valence-corrected chi connectivity index (χ1v) is 10.2. The molecule has 1 aliphatic rings. The number of nitrogens with one attached hydrogen (secondary N) is 2. The van der Waals surface area contributed by atoms with Gasteiger partial charge in [0.05, 0.1) is 12.7 Å². The van der Waals surface area contributed by atoms with Crippen LogP contribution in [0.4, 0.5) is 0 Å². The summed E-state index contributed by atoms with van der Waals surface area (Å²) in [4.78, 5) is 25.4. The van der Waals surface area contributed by atoms with Gasteiger partial charge in [-0.05, 0) is 20.8 Å². The molecule has 1 aromatic heterocycles. The molecule has 9 heteroatoms. The molecule has 8 nitrogen and oxygen atoms in total. The van der Waals surface area contributed by atoms with E-state index in [0.717, 1.165) is 44.4 Å². The van der Waals surface area contributed by atoms with Crippen LogP contribution in [0.5, 0.6) is 0 Å². The minimum Gasteiger partial charge on any atom is -0.443 e. The Kier molecular flexibility index (Phi) is 10.4.